The number of carbonyl (C=O) groups excluding carboxylic acids is 3. The summed E-state index contributed by atoms with van der Waals surface area (Å²) in [5.74, 6) is -2.16. The van der Waals surface area contributed by atoms with E-state index in [9.17, 15) is 14.4 Å². The molecule has 0 heterocycles. The van der Waals surface area contributed by atoms with Crippen molar-refractivity contribution in [2.45, 2.75) is 33.7 Å². The number of benzene rings is 1. The molecular weight excluding hydrogens is 258 g/mol. The maximum atomic E-state index is 11.9. The Hall–Kier alpha value is -2.37. The first-order valence-electron chi connectivity index (χ1n) is 6.29. The number of hydrazine groups is 1. The lowest BCUT2D eigenvalue weighted by atomic mass is 10.1. The van der Waals surface area contributed by atoms with E-state index in [0.29, 0.717) is 5.56 Å². The van der Waals surface area contributed by atoms with Crippen LogP contribution in [0.3, 0.4) is 0 Å². The predicted octanol–water partition coefficient (Wildman–Crippen LogP) is 0.589. The minimum atomic E-state index is -0.906. The molecule has 20 heavy (non-hydrogen) atoms. The first-order valence-corrected chi connectivity index (χ1v) is 6.29. The molecule has 0 aliphatic heterocycles. The van der Waals surface area contributed by atoms with Crippen LogP contribution in [0.4, 0.5) is 0 Å². The molecule has 1 aromatic rings. The number of hydrogen-bond acceptors (Lipinski definition) is 3. The summed E-state index contributed by atoms with van der Waals surface area (Å²) < 4.78 is 0. The summed E-state index contributed by atoms with van der Waals surface area (Å²) in [6.07, 6.45) is 0. The first-order chi connectivity index (χ1) is 9.31. The number of carbonyl (C=O) groups is 3. The van der Waals surface area contributed by atoms with Crippen LogP contribution in [-0.4, -0.2) is 23.8 Å². The molecule has 0 saturated heterocycles. The molecule has 0 aliphatic carbocycles. The van der Waals surface area contributed by atoms with Gasteiger partial charge in [0.05, 0.1) is 0 Å². The van der Waals surface area contributed by atoms with Gasteiger partial charge < -0.3 is 5.32 Å². The van der Waals surface area contributed by atoms with Crippen LogP contribution in [0.25, 0.3) is 0 Å². The van der Waals surface area contributed by atoms with E-state index in [0.717, 1.165) is 11.1 Å². The van der Waals surface area contributed by atoms with Gasteiger partial charge in [-0.3, -0.25) is 25.2 Å². The van der Waals surface area contributed by atoms with Crippen LogP contribution in [0, 0.1) is 13.8 Å². The quantitative estimate of drug-likeness (QED) is 0.546. The largest absolute Gasteiger partial charge is 0.346 e. The zero-order valence-corrected chi connectivity index (χ0v) is 12.0. The highest BCUT2D eigenvalue weighted by Gasteiger charge is 2.16. The highest BCUT2D eigenvalue weighted by molar-refractivity contribution is 6.35. The van der Waals surface area contributed by atoms with Gasteiger partial charge in [0.15, 0.2) is 0 Å². The van der Waals surface area contributed by atoms with Gasteiger partial charge in [-0.25, -0.2) is 0 Å². The van der Waals surface area contributed by atoms with Crippen molar-refractivity contribution in [2.24, 2.45) is 0 Å². The third-order valence-electron chi connectivity index (χ3n) is 2.54. The summed E-state index contributed by atoms with van der Waals surface area (Å²) in [6.45, 7) is 7.20. The summed E-state index contributed by atoms with van der Waals surface area (Å²) in [5.41, 5.74) is 6.57. The monoisotopic (exact) mass is 277 g/mol. The van der Waals surface area contributed by atoms with Crippen LogP contribution < -0.4 is 16.2 Å². The minimum Gasteiger partial charge on any atom is -0.346 e. The van der Waals surface area contributed by atoms with E-state index in [1.165, 1.54) is 0 Å². The van der Waals surface area contributed by atoms with Crippen molar-refractivity contribution in [3.63, 3.8) is 0 Å². The Kier molecular flexibility index (Phi) is 5.25. The average molecular weight is 277 g/mol. The van der Waals surface area contributed by atoms with Gasteiger partial charge in [0.25, 0.3) is 5.91 Å². The average Bonchev–Trinajstić information content (AvgIpc) is 2.34. The lowest BCUT2D eigenvalue weighted by molar-refractivity contribution is -0.139. The van der Waals surface area contributed by atoms with Gasteiger partial charge in [-0.1, -0.05) is 17.7 Å². The molecule has 0 radical (unpaired) electrons. The Morgan fingerprint density at radius 2 is 1.65 bits per heavy atom. The summed E-state index contributed by atoms with van der Waals surface area (Å²) >= 11 is 0. The first kappa shape index (κ1) is 15.7. The Labute approximate surface area is 117 Å². The summed E-state index contributed by atoms with van der Waals surface area (Å²) in [6, 6.07) is 5.18. The predicted molar refractivity (Wildman–Crippen MR) is 74.8 cm³/mol. The normalized spacial score (nSPS) is 10.1. The third kappa shape index (κ3) is 4.38. The molecule has 0 spiro atoms. The molecule has 0 bridgehead atoms. The summed E-state index contributed by atoms with van der Waals surface area (Å²) in [4.78, 5) is 34.6. The van der Waals surface area contributed by atoms with Crippen LogP contribution in [0.1, 0.15) is 35.3 Å². The second kappa shape index (κ2) is 6.70. The maximum absolute atomic E-state index is 11.9. The van der Waals surface area contributed by atoms with Crippen LogP contribution in [0.5, 0.6) is 0 Å². The van der Waals surface area contributed by atoms with Gasteiger partial charge in [0.2, 0.25) is 0 Å². The van der Waals surface area contributed by atoms with Crippen LogP contribution in [0.15, 0.2) is 18.2 Å². The van der Waals surface area contributed by atoms with E-state index < -0.39 is 17.7 Å². The molecule has 0 aromatic heterocycles. The standard InChI is InChI=1S/C14H19N3O3/c1-8(2)15-13(19)14(20)17-16-12(18)11-6-5-9(3)7-10(11)4/h5-8H,1-4H3,(H,15,19)(H,16,18)(H,17,20). The summed E-state index contributed by atoms with van der Waals surface area (Å²) in [5, 5.41) is 2.42. The number of rotatable bonds is 2. The number of hydrogen-bond donors (Lipinski definition) is 3. The lowest BCUT2D eigenvalue weighted by Crippen LogP contribution is -2.49. The van der Waals surface area contributed by atoms with Crippen molar-refractivity contribution in [3.05, 3.63) is 34.9 Å². The molecule has 0 fully saturated rings. The van der Waals surface area contributed by atoms with Gasteiger partial charge in [-0.05, 0) is 39.3 Å². The van der Waals surface area contributed by atoms with Crippen LogP contribution >= 0.6 is 0 Å². The van der Waals surface area contributed by atoms with Gasteiger partial charge in [-0.15, -0.1) is 0 Å². The molecule has 0 aliphatic rings. The fourth-order valence-electron chi connectivity index (χ4n) is 1.63. The molecule has 6 heteroatoms. The van der Waals surface area contributed by atoms with Crippen molar-refractivity contribution >= 4 is 17.7 Å². The van der Waals surface area contributed by atoms with Crippen molar-refractivity contribution < 1.29 is 14.4 Å². The molecule has 1 rings (SSSR count). The molecule has 3 amide bonds. The van der Waals surface area contributed by atoms with Crippen LogP contribution in [-0.2, 0) is 9.59 Å². The van der Waals surface area contributed by atoms with E-state index in [1.807, 2.05) is 13.0 Å². The Balaban J connectivity index is 2.59. The number of aryl methyl sites for hydroxylation is 2. The van der Waals surface area contributed by atoms with E-state index in [4.69, 9.17) is 0 Å². The van der Waals surface area contributed by atoms with E-state index in [-0.39, 0.29) is 6.04 Å². The fraction of sp³-hybridized carbons (Fsp3) is 0.357. The lowest BCUT2D eigenvalue weighted by Gasteiger charge is -2.11. The maximum Gasteiger partial charge on any atom is 0.327 e. The Bertz CT molecular complexity index is 538. The summed E-state index contributed by atoms with van der Waals surface area (Å²) in [7, 11) is 0. The SMILES string of the molecule is Cc1ccc(C(=O)NNC(=O)C(=O)NC(C)C)c(C)c1. The second-order valence-electron chi connectivity index (χ2n) is 4.85. The van der Waals surface area contributed by atoms with E-state index in [1.54, 1.807) is 32.9 Å². The highest BCUT2D eigenvalue weighted by atomic mass is 16.2. The van der Waals surface area contributed by atoms with E-state index >= 15 is 0 Å². The highest BCUT2D eigenvalue weighted by Crippen LogP contribution is 2.09. The Morgan fingerprint density at radius 3 is 2.20 bits per heavy atom. The molecule has 0 saturated carbocycles. The van der Waals surface area contributed by atoms with Crippen LogP contribution in [0.2, 0.25) is 0 Å². The molecule has 3 N–H and O–H groups in total. The molecule has 6 nitrogen and oxygen atoms in total. The van der Waals surface area contributed by atoms with Crippen molar-refractivity contribution in [3.8, 4) is 0 Å². The van der Waals surface area contributed by atoms with Gasteiger partial charge in [0, 0.05) is 11.6 Å². The molecule has 0 unspecified atom stereocenters. The van der Waals surface area contributed by atoms with Gasteiger partial charge in [-0.2, -0.15) is 0 Å². The smallest absolute Gasteiger partial charge is 0.327 e. The zero-order chi connectivity index (χ0) is 15.3. The van der Waals surface area contributed by atoms with Crippen molar-refractivity contribution in [1.82, 2.24) is 16.2 Å². The molecule has 0 atom stereocenters. The van der Waals surface area contributed by atoms with Gasteiger partial charge in [0.1, 0.15) is 0 Å². The van der Waals surface area contributed by atoms with E-state index in [2.05, 4.69) is 16.2 Å². The minimum absolute atomic E-state index is 0.150. The number of amides is 3. The van der Waals surface area contributed by atoms with Gasteiger partial charge >= 0.3 is 11.8 Å². The third-order valence-corrected chi connectivity index (χ3v) is 2.54. The molecule has 1 aromatic carbocycles. The van der Waals surface area contributed by atoms with Crippen molar-refractivity contribution in [1.29, 1.82) is 0 Å². The molecule has 108 valence electrons. The molecular formula is C14H19N3O3. The van der Waals surface area contributed by atoms with Crippen molar-refractivity contribution in [2.75, 3.05) is 0 Å². The topological polar surface area (TPSA) is 87.3 Å². The zero-order valence-electron chi connectivity index (χ0n) is 12.0. The second-order valence-corrected chi connectivity index (χ2v) is 4.85. The Morgan fingerprint density at radius 1 is 1.00 bits per heavy atom. The fourth-order valence-corrected chi connectivity index (χ4v) is 1.63. The number of nitrogens with one attached hydrogen (secondary N) is 3.